The monoisotopic (exact) mass is 574 g/mol. The SMILES string of the molecule is C.CC(C)Cc1ccc(OC(C)(C)C(=O)O)cc1.CC(C)Cc1ccc(OC(C)(C)C)cc1.CC(C)OC(C)(C)C. The normalized spacial score (nSPS) is 11.6. The first-order valence-corrected chi connectivity index (χ1v) is 14.6. The van der Waals surface area contributed by atoms with Gasteiger partial charge >= 0.3 is 5.97 Å². The number of hydrogen-bond donors (Lipinski definition) is 1. The lowest BCUT2D eigenvalue weighted by Crippen LogP contribution is -2.37. The molecule has 0 radical (unpaired) electrons. The van der Waals surface area contributed by atoms with Crippen LogP contribution in [0.25, 0.3) is 0 Å². The third-order valence-corrected chi connectivity index (χ3v) is 5.04. The van der Waals surface area contributed by atoms with Crippen LogP contribution in [0.5, 0.6) is 11.5 Å². The Kier molecular flexibility index (Phi) is 17.9. The van der Waals surface area contributed by atoms with Crippen LogP contribution in [-0.4, -0.2) is 34.0 Å². The number of carbonyl (C=O) groups is 1. The molecule has 0 spiro atoms. The number of ether oxygens (including phenoxy) is 3. The molecule has 2 aromatic carbocycles. The Balaban J connectivity index is 0. The van der Waals surface area contributed by atoms with Crippen molar-refractivity contribution in [2.45, 2.75) is 140 Å². The van der Waals surface area contributed by atoms with Crippen LogP contribution in [0.4, 0.5) is 0 Å². The van der Waals surface area contributed by atoms with Gasteiger partial charge in [-0.05, 0) is 129 Å². The number of carboxylic acids is 1. The average Bonchev–Trinajstić information content (AvgIpc) is 2.74. The minimum absolute atomic E-state index is 0. The first-order valence-electron chi connectivity index (χ1n) is 14.6. The molecular formula is C36H62O5. The maximum absolute atomic E-state index is 10.9. The van der Waals surface area contributed by atoms with Gasteiger partial charge < -0.3 is 19.3 Å². The van der Waals surface area contributed by atoms with Crippen molar-refractivity contribution in [3.8, 4) is 11.5 Å². The zero-order valence-electron chi connectivity index (χ0n) is 27.8. The fraction of sp³-hybridized carbons (Fsp3) is 0.639. The van der Waals surface area contributed by atoms with Gasteiger partial charge in [-0.3, -0.25) is 0 Å². The predicted molar refractivity (Wildman–Crippen MR) is 175 cm³/mol. The molecule has 0 heterocycles. The van der Waals surface area contributed by atoms with Gasteiger partial charge in [0.25, 0.3) is 0 Å². The molecule has 2 rings (SSSR count). The molecule has 0 aliphatic heterocycles. The van der Waals surface area contributed by atoms with Gasteiger partial charge in [-0.2, -0.15) is 0 Å². The van der Waals surface area contributed by atoms with Gasteiger partial charge in [-0.25, -0.2) is 4.79 Å². The van der Waals surface area contributed by atoms with Crippen LogP contribution in [0, 0.1) is 11.8 Å². The maximum atomic E-state index is 10.9. The molecule has 2 aromatic rings. The van der Waals surface area contributed by atoms with Crippen molar-refractivity contribution in [3.63, 3.8) is 0 Å². The minimum atomic E-state index is -1.19. The highest BCUT2D eigenvalue weighted by Crippen LogP contribution is 2.21. The molecule has 0 aliphatic carbocycles. The summed E-state index contributed by atoms with van der Waals surface area (Å²) in [7, 11) is 0. The highest BCUT2D eigenvalue weighted by Gasteiger charge is 2.29. The molecule has 0 saturated carbocycles. The Hall–Kier alpha value is -2.53. The molecule has 5 nitrogen and oxygen atoms in total. The van der Waals surface area contributed by atoms with Crippen LogP contribution in [-0.2, 0) is 22.4 Å². The summed E-state index contributed by atoms with van der Waals surface area (Å²) in [5.74, 6) is 1.89. The largest absolute Gasteiger partial charge is 0.488 e. The summed E-state index contributed by atoms with van der Waals surface area (Å²) in [6, 6.07) is 16.0. The molecule has 0 aliphatic rings. The number of rotatable bonds is 9. The van der Waals surface area contributed by atoms with E-state index >= 15 is 0 Å². The summed E-state index contributed by atoms with van der Waals surface area (Å²) in [4.78, 5) is 10.9. The summed E-state index contributed by atoms with van der Waals surface area (Å²) < 4.78 is 16.6. The molecule has 0 unspecified atom stereocenters. The second kappa shape index (κ2) is 18.1. The molecule has 236 valence electrons. The molecule has 0 aromatic heterocycles. The quantitative estimate of drug-likeness (QED) is 0.323. The molecule has 0 bridgehead atoms. The molecule has 41 heavy (non-hydrogen) atoms. The van der Waals surface area contributed by atoms with Crippen molar-refractivity contribution in [1.29, 1.82) is 0 Å². The first-order chi connectivity index (χ1) is 18.1. The van der Waals surface area contributed by atoms with Crippen LogP contribution in [0.1, 0.15) is 115 Å². The van der Waals surface area contributed by atoms with Gasteiger partial charge in [0, 0.05) is 0 Å². The number of benzene rings is 2. The van der Waals surface area contributed by atoms with E-state index in [9.17, 15) is 4.79 Å². The highest BCUT2D eigenvalue weighted by atomic mass is 16.5. The molecular weight excluding hydrogens is 512 g/mol. The molecule has 5 heteroatoms. The van der Waals surface area contributed by atoms with E-state index < -0.39 is 11.6 Å². The molecule has 0 saturated heterocycles. The number of carboxylic acid groups (broad SMARTS) is 1. The van der Waals surface area contributed by atoms with E-state index in [1.807, 2.05) is 38.1 Å². The number of hydrogen-bond acceptors (Lipinski definition) is 4. The molecule has 0 fully saturated rings. The second-order valence-corrected chi connectivity index (χ2v) is 13.9. The van der Waals surface area contributed by atoms with Gasteiger partial charge in [0.1, 0.15) is 17.1 Å². The third-order valence-electron chi connectivity index (χ3n) is 5.04. The zero-order chi connectivity index (χ0) is 31.3. The lowest BCUT2D eigenvalue weighted by Gasteiger charge is -2.22. The van der Waals surface area contributed by atoms with Crippen LogP contribution < -0.4 is 9.47 Å². The minimum Gasteiger partial charge on any atom is -0.488 e. The van der Waals surface area contributed by atoms with Gasteiger partial charge in [0.05, 0.1) is 11.7 Å². The van der Waals surface area contributed by atoms with E-state index in [1.165, 1.54) is 25.0 Å². The van der Waals surface area contributed by atoms with Crippen LogP contribution in [0.15, 0.2) is 48.5 Å². The fourth-order valence-electron chi connectivity index (χ4n) is 3.73. The average molecular weight is 575 g/mol. The van der Waals surface area contributed by atoms with Gasteiger partial charge in [0.15, 0.2) is 5.60 Å². The lowest BCUT2D eigenvalue weighted by atomic mass is 10.0. The summed E-state index contributed by atoms with van der Waals surface area (Å²) in [5.41, 5.74) is 1.33. The Morgan fingerprint density at radius 1 is 0.634 bits per heavy atom. The maximum Gasteiger partial charge on any atom is 0.347 e. The van der Waals surface area contributed by atoms with Crippen molar-refractivity contribution in [2.75, 3.05) is 0 Å². The summed E-state index contributed by atoms with van der Waals surface area (Å²) >= 11 is 0. The fourth-order valence-corrected chi connectivity index (χ4v) is 3.73. The van der Waals surface area contributed by atoms with Gasteiger partial charge in [0.2, 0.25) is 0 Å². The van der Waals surface area contributed by atoms with Crippen LogP contribution in [0.2, 0.25) is 0 Å². The Bertz CT molecular complexity index is 957. The predicted octanol–water partition coefficient (Wildman–Crippen LogP) is 10.0. The summed E-state index contributed by atoms with van der Waals surface area (Å²) in [6.45, 7) is 28.4. The standard InChI is InChI=1S/C14H20O3.C14H22O.C7H16O.CH4/c1-10(2)9-11-5-7-12(8-6-11)17-14(3,4)13(15)16;1-11(2)10-12-6-8-13(9-7-12)15-14(3,4)5;1-6(2)8-7(3,4)5;/h5-8,10H,9H2,1-4H3,(H,15,16);6-9,11H,10H2,1-5H3;6H,1-5H3;1H4. The Labute approximate surface area is 253 Å². The van der Waals surface area contributed by atoms with E-state index in [4.69, 9.17) is 19.3 Å². The van der Waals surface area contributed by atoms with E-state index in [1.54, 1.807) is 0 Å². The van der Waals surface area contributed by atoms with Crippen molar-refractivity contribution < 1.29 is 24.1 Å². The topological polar surface area (TPSA) is 65.0 Å². The van der Waals surface area contributed by atoms with Crippen LogP contribution >= 0.6 is 0 Å². The molecule has 1 N–H and O–H groups in total. The Morgan fingerprint density at radius 3 is 1.20 bits per heavy atom. The summed E-state index contributed by atoms with van der Waals surface area (Å²) in [5, 5.41) is 8.95. The van der Waals surface area contributed by atoms with Crippen LogP contribution in [0.3, 0.4) is 0 Å². The van der Waals surface area contributed by atoms with Gasteiger partial charge in [-0.1, -0.05) is 59.4 Å². The molecule has 0 amide bonds. The van der Waals surface area contributed by atoms with Crippen molar-refractivity contribution in [1.82, 2.24) is 0 Å². The van der Waals surface area contributed by atoms with Crippen molar-refractivity contribution >= 4 is 5.97 Å². The van der Waals surface area contributed by atoms with Crippen molar-refractivity contribution in [3.05, 3.63) is 59.7 Å². The number of aliphatic carboxylic acids is 1. The van der Waals surface area contributed by atoms with Crippen molar-refractivity contribution in [2.24, 2.45) is 11.8 Å². The third kappa shape index (κ3) is 21.8. The van der Waals surface area contributed by atoms with E-state index in [0.29, 0.717) is 23.7 Å². The van der Waals surface area contributed by atoms with Gasteiger partial charge in [-0.15, -0.1) is 0 Å². The smallest absolute Gasteiger partial charge is 0.347 e. The van der Waals surface area contributed by atoms with E-state index in [-0.39, 0.29) is 18.6 Å². The van der Waals surface area contributed by atoms with E-state index in [0.717, 1.165) is 18.6 Å². The molecule has 0 atom stereocenters. The Morgan fingerprint density at radius 2 is 0.976 bits per heavy atom. The van der Waals surface area contributed by atoms with E-state index in [2.05, 4.69) is 93.5 Å². The summed E-state index contributed by atoms with van der Waals surface area (Å²) in [6.07, 6.45) is 2.49. The first kappa shape index (κ1) is 40.6. The second-order valence-electron chi connectivity index (χ2n) is 13.9. The lowest BCUT2D eigenvalue weighted by molar-refractivity contribution is -0.152. The highest BCUT2D eigenvalue weighted by molar-refractivity contribution is 5.76. The zero-order valence-corrected chi connectivity index (χ0v) is 27.8.